The van der Waals surface area contributed by atoms with Crippen LogP contribution < -0.4 is 19.6 Å². The van der Waals surface area contributed by atoms with Gasteiger partial charge in [-0.1, -0.05) is 182 Å². The summed E-state index contributed by atoms with van der Waals surface area (Å²) in [6.07, 6.45) is 7.54. The van der Waals surface area contributed by atoms with Gasteiger partial charge < -0.3 is 19.6 Å². The first-order valence-corrected chi connectivity index (χ1v) is 31.7. The van der Waals surface area contributed by atoms with Crippen LogP contribution in [0.4, 0.5) is 68.2 Å². The molecule has 13 aromatic carbocycles. The van der Waals surface area contributed by atoms with E-state index in [-0.39, 0.29) is 0 Å². The van der Waals surface area contributed by atoms with Crippen molar-refractivity contribution in [3.8, 4) is 22.3 Å². The number of pyridine rings is 4. The molecule has 94 heavy (non-hydrogen) atoms. The van der Waals surface area contributed by atoms with E-state index < -0.39 is 0 Å². The van der Waals surface area contributed by atoms with Gasteiger partial charge in [0.1, 0.15) is 0 Å². The number of hydrogen-bond donors (Lipinski definition) is 0. The summed E-state index contributed by atoms with van der Waals surface area (Å²) in [5.41, 5.74) is 19.9. The quantitative estimate of drug-likeness (QED) is 0.0998. The number of para-hydroxylation sites is 8. The zero-order valence-electron chi connectivity index (χ0n) is 51.1. The summed E-state index contributed by atoms with van der Waals surface area (Å²) < 4.78 is 0. The fourth-order valence-electron chi connectivity index (χ4n) is 13.8. The van der Waals surface area contributed by atoms with Crippen LogP contribution in [0.3, 0.4) is 0 Å². The van der Waals surface area contributed by atoms with Crippen LogP contribution in [0.5, 0.6) is 0 Å². The summed E-state index contributed by atoms with van der Waals surface area (Å²) in [4.78, 5) is 29.7. The molecule has 0 bridgehead atoms. The SMILES string of the molecule is c1ccc(N(c2ccccc2)c2ccc(-c3c4ccc(N(c5cccc6cccnc56)c5cccc6cccnc56)cc4c(-c4ccc(N(c5ccccc5)c5ccccc5)cc4)c4ccc(N(c5cccc6cccnc56)c5cccc6cccnc56)cc34)cc2)cc1. The Hall–Kier alpha value is -12.8. The second-order valence-corrected chi connectivity index (χ2v) is 23.4. The van der Waals surface area contributed by atoms with Crippen molar-refractivity contribution >= 4 is 133 Å². The predicted molar refractivity (Wildman–Crippen MR) is 392 cm³/mol. The Labute approximate surface area is 544 Å². The summed E-state index contributed by atoms with van der Waals surface area (Å²) in [7, 11) is 0. The highest BCUT2D eigenvalue weighted by molar-refractivity contribution is 6.23. The van der Waals surface area contributed by atoms with Crippen LogP contribution >= 0.6 is 0 Å². The minimum atomic E-state index is 0.884. The van der Waals surface area contributed by atoms with E-state index in [1.54, 1.807) is 0 Å². The van der Waals surface area contributed by atoms with Gasteiger partial charge in [-0.25, -0.2) is 0 Å². The van der Waals surface area contributed by atoms with Crippen LogP contribution in [0.2, 0.25) is 0 Å². The third-order valence-corrected chi connectivity index (χ3v) is 17.9. The van der Waals surface area contributed by atoms with Gasteiger partial charge >= 0.3 is 0 Å². The highest BCUT2D eigenvalue weighted by atomic mass is 15.2. The molecule has 0 aliphatic heterocycles. The van der Waals surface area contributed by atoms with E-state index in [2.05, 4.69) is 323 Å². The summed E-state index contributed by atoms with van der Waals surface area (Å²) in [5.74, 6) is 0. The third-order valence-electron chi connectivity index (χ3n) is 17.9. The molecule has 0 saturated heterocycles. The Balaban J connectivity index is 0.973. The number of rotatable bonds is 14. The largest absolute Gasteiger partial charge is 0.311 e. The topological polar surface area (TPSA) is 64.5 Å². The molecule has 17 aromatic rings. The fraction of sp³-hybridized carbons (Fsp3) is 0. The molecule has 0 saturated carbocycles. The van der Waals surface area contributed by atoms with Crippen LogP contribution in [0.15, 0.2) is 352 Å². The number of aromatic nitrogens is 4. The Morgan fingerprint density at radius 1 is 0.181 bits per heavy atom. The lowest BCUT2D eigenvalue weighted by molar-refractivity contribution is 1.27. The van der Waals surface area contributed by atoms with Crippen LogP contribution in [0, 0.1) is 0 Å². The van der Waals surface area contributed by atoms with Crippen molar-refractivity contribution in [2.24, 2.45) is 0 Å². The standard InChI is InChI=1S/C86H58N8/c1-5-29-65(30-6-1)91(66-31-7-2-8-32-66)69-45-41-59(42-46-69)81-73-51-49-72(94(79-39-15-23-63-27-19-55-89-85(63)79)80-40-16-24-64-28-20-56-90-86(64)80)58-76(73)82(60-43-47-70(48-44-60)92(67-33-9-3-10-34-67)68-35-11-4-12-36-68)74-52-50-71(57-75(74)81)93(77-37-13-21-61-25-17-53-87-83(61)77)78-38-14-22-62-26-18-54-88-84(62)78/h1-58H. The van der Waals surface area contributed by atoms with Gasteiger partial charge in [-0.3, -0.25) is 19.9 Å². The van der Waals surface area contributed by atoms with E-state index in [4.69, 9.17) is 19.9 Å². The third kappa shape index (κ3) is 9.90. The molecule has 0 amide bonds. The van der Waals surface area contributed by atoms with Crippen LogP contribution in [-0.4, -0.2) is 19.9 Å². The summed E-state index contributed by atoms with van der Waals surface area (Å²) in [6.45, 7) is 0. The molecule has 4 heterocycles. The van der Waals surface area contributed by atoms with Crippen molar-refractivity contribution < 1.29 is 0 Å². The van der Waals surface area contributed by atoms with Gasteiger partial charge in [0.05, 0.1) is 44.8 Å². The summed E-state index contributed by atoms with van der Waals surface area (Å²) in [6, 6.07) is 117. The minimum Gasteiger partial charge on any atom is -0.311 e. The van der Waals surface area contributed by atoms with E-state index in [0.717, 1.165) is 156 Å². The van der Waals surface area contributed by atoms with Gasteiger partial charge in [-0.05, 0) is 189 Å². The molecular formula is C86H58N8. The lowest BCUT2D eigenvalue weighted by atomic mass is 9.85. The van der Waals surface area contributed by atoms with Gasteiger partial charge in [0, 0.05) is 91.8 Å². The number of fused-ring (bicyclic) bond motifs is 6. The molecule has 0 aliphatic rings. The Bertz CT molecular complexity index is 5030. The first-order chi connectivity index (χ1) is 46.7. The normalized spacial score (nSPS) is 11.4. The molecule has 0 unspecified atom stereocenters. The zero-order chi connectivity index (χ0) is 62.3. The molecule has 442 valence electrons. The fourth-order valence-corrected chi connectivity index (χ4v) is 13.8. The molecule has 0 atom stereocenters. The lowest BCUT2D eigenvalue weighted by Gasteiger charge is -2.29. The second kappa shape index (κ2) is 23.9. The maximum atomic E-state index is 5.10. The molecule has 0 fully saturated rings. The van der Waals surface area contributed by atoms with Crippen molar-refractivity contribution in [2.45, 2.75) is 0 Å². The maximum Gasteiger partial charge on any atom is 0.0942 e. The molecule has 0 radical (unpaired) electrons. The van der Waals surface area contributed by atoms with E-state index in [0.29, 0.717) is 0 Å². The minimum absolute atomic E-state index is 0.884. The highest BCUT2D eigenvalue weighted by Gasteiger charge is 2.27. The van der Waals surface area contributed by atoms with Crippen LogP contribution in [0.25, 0.3) is 87.4 Å². The van der Waals surface area contributed by atoms with E-state index in [9.17, 15) is 0 Å². The molecule has 0 N–H and O–H groups in total. The Morgan fingerprint density at radius 3 is 0.723 bits per heavy atom. The van der Waals surface area contributed by atoms with Crippen LogP contribution in [-0.2, 0) is 0 Å². The molecule has 0 spiro atoms. The van der Waals surface area contributed by atoms with Crippen molar-refractivity contribution in [2.75, 3.05) is 19.6 Å². The van der Waals surface area contributed by atoms with E-state index in [1.165, 1.54) is 0 Å². The molecular weight excluding hydrogens is 1150 g/mol. The van der Waals surface area contributed by atoms with Crippen molar-refractivity contribution in [1.29, 1.82) is 0 Å². The van der Waals surface area contributed by atoms with Gasteiger partial charge in [0.15, 0.2) is 0 Å². The number of benzene rings is 13. The van der Waals surface area contributed by atoms with Gasteiger partial charge in [-0.15, -0.1) is 0 Å². The average Bonchev–Trinajstić information content (AvgIpc) is 0.730. The predicted octanol–water partition coefficient (Wildman–Crippen LogP) is 23.4. The Morgan fingerprint density at radius 2 is 0.436 bits per heavy atom. The molecule has 4 aromatic heterocycles. The average molecular weight is 1200 g/mol. The van der Waals surface area contributed by atoms with Gasteiger partial charge in [0.25, 0.3) is 0 Å². The smallest absolute Gasteiger partial charge is 0.0942 e. The number of hydrogen-bond acceptors (Lipinski definition) is 8. The van der Waals surface area contributed by atoms with Gasteiger partial charge in [0.2, 0.25) is 0 Å². The molecule has 17 rings (SSSR count). The van der Waals surface area contributed by atoms with Crippen molar-refractivity contribution in [1.82, 2.24) is 19.9 Å². The lowest BCUT2D eigenvalue weighted by Crippen LogP contribution is -2.12. The summed E-state index contributed by atoms with van der Waals surface area (Å²) >= 11 is 0. The first kappa shape index (κ1) is 55.3. The van der Waals surface area contributed by atoms with Crippen molar-refractivity contribution in [3.63, 3.8) is 0 Å². The summed E-state index contributed by atoms with van der Waals surface area (Å²) in [5, 5.41) is 8.46. The van der Waals surface area contributed by atoms with E-state index in [1.807, 2.05) is 49.1 Å². The highest BCUT2D eigenvalue weighted by Crippen LogP contribution is 2.51. The van der Waals surface area contributed by atoms with E-state index >= 15 is 0 Å². The van der Waals surface area contributed by atoms with Crippen molar-refractivity contribution in [3.05, 3.63) is 352 Å². The Kier molecular flexibility index (Phi) is 14.0. The van der Waals surface area contributed by atoms with Gasteiger partial charge in [-0.2, -0.15) is 0 Å². The van der Waals surface area contributed by atoms with Crippen LogP contribution in [0.1, 0.15) is 0 Å². The molecule has 8 heteroatoms. The monoisotopic (exact) mass is 1200 g/mol. The molecule has 8 nitrogen and oxygen atoms in total. The first-order valence-electron chi connectivity index (χ1n) is 31.7. The zero-order valence-corrected chi connectivity index (χ0v) is 51.1. The maximum absolute atomic E-state index is 5.10. The number of anilines is 12. The molecule has 0 aliphatic carbocycles. The number of nitrogens with zero attached hydrogens (tertiary/aromatic N) is 8. The second-order valence-electron chi connectivity index (χ2n) is 23.4.